The number of carbonyl (C=O) groups excluding carboxylic acids is 1. The molecule has 2 atom stereocenters. The van der Waals surface area contributed by atoms with Gasteiger partial charge in [0.25, 0.3) is 0 Å². The van der Waals surface area contributed by atoms with Gasteiger partial charge in [-0.3, -0.25) is 4.79 Å². The van der Waals surface area contributed by atoms with Crippen molar-refractivity contribution in [2.24, 2.45) is 11.7 Å². The monoisotopic (exact) mass is 367 g/mol. The van der Waals surface area contributed by atoms with Crippen LogP contribution in [0.25, 0.3) is 0 Å². The van der Waals surface area contributed by atoms with Crippen LogP contribution in [0.4, 0.5) is 11.4 Å². The summed E-state index contributed by atoms with van der Waals surface area (Å²) in [6, 6.07) is 17.3. The van der Waals surface area contributed by atoms with Gasteiger partial charge in [-0.1, -0.05) is 36.0 Å². The van der Waals surface area contributed by atoms with Gasteiger partial charge in [-0.2, -0.15) is 0 Å². The predicted octanol–water partition coefficient (Wildman–Crippen LogP) is 3.92. The minimum atomic E-state index is 0.109. The molecule has 1 aliphatic heterocycles. The number of anilines is 2. The Labute approximate surface area is 159 Å². The lowest BCUT2D eigenvalue weighted by atomic mass is 10.1. The Hall–Kier alpha value is -1.98. The molecule has 2 aromatic carbocycles. The number of rotatable bonds is 5. The van der Waals surface area contributed by atoms with Crippen molar-refractivity contribution in [2.45, 2.75) is 41.5 Å². The smallest absolute Gasteiger partial charge is 0.223 e. The maximum Gasteiger partial charge on any atom is 0.223 e. The van der Waals surface area contributed by atoms with Gasteiger partial charge in [0.05, 0.1) is 11.4 Å². The number of nitrogens with two attached hydrogens (primary N) is 1. The van der Waals surface area contributed by atoms with Crippen molar-refractivity contribution >= 4 is 29.0 Å². The van der Waals surface area contributed by atoms with Crippen molar-refractivity contribution in [2.75, 3.05) is 18.0 Å². The van der Waals surface area contributed by atoms with E-state index in [0.29, 0.717) is 6.54 Å². The summed E-state index contributed by atoms with van der Waals surface area (Å²) >= 11 is 1.82. The zero-order chi connectivity index (χ0) is 17.9. The largest absolute Gasteiger partial charge is 0.356 e. The van der Waals surface area contributed by atoms with Crippen LogP contribution in [0.5, 0.6) is 0 Å². The van der Waals surface area contributed by atoms with Gasteiger partial charge in [0, 0.05) is 34.8 Å². The van der Waals surface area contributed by atoms with Gasteiger partial charge < -0.3 is 16.0 Å². The molecule has 2 aromatic rings. The molecule has 0 spiro atoms. The average molecular weight is 368 g/mol. The number of benzene rings is 2. The van der Waals surface area contributed by atoms with Crippen LogP contribution in [0, 0.1) is 5.92 Å². The molecule has 1 fully saturated rings. The molecule has 1 saturated carbocycles. The van der Waals surface area contributed by atoms with E-state index >= 15 is 0 Å². The van der Waals surface area contributed by atoms with Crippen LogP contribution in [0.3, 0.4) is 0 Å². The summed E-state index contributed by atoms with van der Waals surface area (Å²) in [4.78, 5) is 17.2. The summed E-state index contributed by atoms with van der Waals surface area (Å²) < 4.78 is 0. The highest BCUT2D eigenvalue weighted by atomic mass is 32.2. The lowest BCUT2D eigenvalue weighted by Crippen LogP contribution is -2.33. The summed E-state index contributed by atoms with van der Waals surface area (Å²) in [6.07, 6.45) is 3.64. The molecule has 0 bridgehead atoms. The van der Waals surface area contributed by atoms with Gasteiger partial charge in [-0.25, -0.2) is 0 Å². The number of amides is 1. The molecule has 0 saturated heterocycles. The fourth-order valence-corrected chi connectivity index (χ4v) is 4.97. The summed E-state index contributed by atoms with van der Waals surface area (Å²) in [5.74, 6) is 0.283. The number of fused-ring (bicyclic) bond motifs is 2. The maximum atomic E-state index is 12.3. The highest BCUT2D eigenvalue weighted by Gasteiger charge is 2.27. The predicted molar refractivity (Wildman–Crippen MR) is 107 cm³/mol. The molecule has 2 unspecified atom stereocenters. The molecule has 1 aliphatic carbocycles. The number of nitrogens with one attached hydrogen (secondary N) is 1. The molecule has 3 N–H and O–H groups in total. The lowest BCUT2D eigenvalue weighted by Gasteiger charge is -2.32. The third-order valence-corrected chi connectivity index (χ3v) is 6.36. The van der Waals surface area contributed by atoms with E-state index in [4.69, 9.17) is 5.73 Å². The second-order valence-electron chi connectivity index (χ2n) is 7.10. The highest BCUT2D eigenvalue weighted by Crippen LogP contribution is 2.47. The van der Waals surface area contributed by atoms with Crippen molar-refractivity contribution in [3.63, 3.8) is 0 Å². The zero-order valence-corrected chi connectivity index (χ0v) is 15.7. The molecule has 26 heavy (non-hydrogen) atoms. The zero-order valence-electron chi connectivity index (χ0n) is 14.9. The fraction of sp³-hybridized carbons (Fsp3) is 0.381. The number of hydrogen-bond acceptors (Lipinski definition) is 4. The first-order valence-corrected chi connectivity index (χ1v) is 10.2. The quantitative estimate of drug-likeness (QED) is 0.787. The van der Waals surface area contributed by atoms with E-state index in [2.05, 4.69) is 58.7 Å². The van der Waals surface area contributed by atoms with E-state index in [1.54, 1.807) is 0 Å². The van der Waals surface area contributed by atoms with Gasteiger partial charge in [0.15, 0.2) is 0 Å². The average Bonchev–Trinajstić information content (AvgIpc) is 3.10. The highest BCUT2D eigenvalue weighted by molar-refractivity contribution is 7.99. The van der Waals surface area contributed by atoms with Crippen molar-refractivity contribution in [3.05, 3.63) is 48.5 Å². The molecule has 1 heterocycles. The standard InChI is InChI=1S/C21H25N3OS/c22-16-11-10-15(14-16)21(25)23-12-5-13-24-17-6-1-3-8-19(17)26-20-9-4-2-7-18(20)24/h1-4,6-9,15-16H,5,10-14,22H2,(H,23,25). The molecular formula is C21H25N3OS. The third kappa shape index (κ3) is 3.60. The van der Waals surface area contributed by atoms with Crippen molar-refractivity contribution in [1.29, 1.82) is 0 Å². The molecule has 5 heteroatoms. The van der Waals surface area contributed by atoms with E-state index in [0.717, 1.165) is 32.2 Å². The molecule has 2 aliphatic rings. The second kappa shape index (κ2) is 7.72. The minimum absolute atomic E-state index is 0.109. The Kier molecular flexibility index (Phi) is 5.18. The van der Waals surface area contributed by atoms with Gasteiger partial charge in [0.1, 0.15) is 0 Å². The third-order valence-electron chi connectivity index (χ3n) is 5.23. The van der Waals surface area contributed by atoms with Crippen LogP contribution in [-0.4, -0.2) is 25.0 Å². The summed E-state index contributed by atoms with van der Waals surface area (Å²) in [7, 11) is 0. The fourth-order valence-electron chi connectivity index (χ4n) is 3.87. The molecule has 4 rings (SSSR count). The Balaban J connectivity index is 1.38. The molecule has 1 amide bonds. The Bertz CT molecular complexity index is 749. The molecule has 0 radical (unpaired) electrons. The number of para-hydroxylation sites is 2. The van der Waals surface area contributed by atoms with Crippen molar-refractivity contribution in [3.8, 4) is 0 Å². The van der Waals surface area contributed by atoms with E-state index < -0.39 is 0 Å². The van der Waals surface area contributed by atoms with Crippen LogP contribution in [0.1, 0.15) is 25.7 Å². The maximum absolute atomic E-state index is 12.3. The van der Waals surface area contributed by atoms with Crippen LogP contribution in [0.15, 0.2) is 58.3 Å². The van der Waals surface area contributed by atoms with Crippen molar-refractivity contribution in [1.82, 2.24) is 5.32 Å². The number of hydrogen-bond donors (Lipinski definition) is 2. The molecular weight excluding hydrogens is 342 g/mol. The first kappa shape index (κ1) is 17.4. The lowest BCUT2D eigenvalue weighted by molar-refractivity contribution is -0.124. The molecule has 4 nitrogen and oxygen atoms in total. The van der Waals surface area contributed by atoms with Gasteiger partial charge in [-0.15, -0.1) is 0 Å². The van der Waals surface area contributed by atoms with Gasteiger partial charge >= 0.3 is 0 Å². The summed E-state index contributed by atoms with van der Waals surface area (Å²) in [5.41, 5.74) is 8.43. The Morgan fingerprint density at radius 2 is 1.73 bits per heavy atom. The summed E-state index contributed by atoms with van der Waals surface area (Å²) in [6.45, 7) is 1.59. The molecule has 0 aromatic heterocycles. The first-order valence-electron chi connectivity index (χ1n) is 9.39. The summed E-state index contributed by atoms with van der Waals surface area (Å²) in [5, 5.41) is 3.11. The van der Waals surface area contributed by atoms with Crippen LogP contribution in [0.2, 0.25) is 0 Å². The first-order chi connectivity index (χ1) is 12.7. The van der Waals surface area contributed by atoms with Crippen LogP contribution in [-0.2, 0) is 4.79 Å². The number of carbonyl (C=O) groups is 1. The topological polar surface area (TPSA) is 58.4 Å². The Morgan fingerprint density at radius 1 is 1.08 bits per heavy atom. The normalized spacial score (nSPS) is 21.2. The van der Waals surface area contributed by atoms with Gasteiger partial charge in [0.2, 0.25) is 5.91 Å². The Morgan fingerprint density at radius 3 is 2.35 bits per heavy atom. The van der Waals surface area contributed by atoms with Crippen molar-refractivity contribution < 1.29 is 4.79 Å². The molecule has 136 valence electrons. The number of nitrogens with zero attached hydrogens (tertiary/aromatic N) is 1. The van der Waals surface area contributed by atoms with E-state index in [-0.39, 0.29) is 17.9 Å². The van der Waals surface area contributed by atoms with E-state index in [9.17, 15) is 4.79 Å². The SMILES string of the molecule is NC1CCC(C(=O)NCCCN2c3ccccc3Sc3ccccc32)C1. The minimum Gasteiger partial charge on any atom is -0.356 e. The van der Waals surface area contributed by atoms with Crippen LogP contribution >= 0.6 is 11.8 Å². The van der Waals surface area contributed by atoms with E-state index in [1.165, 1.54) is 21.2 Å². The second-order valence-corrected chi connectivity index (χ2v) is 8.19. The van der Waals surface area contributed by atoms with Gasteiger partial charge in [-0.05, 0) is 49.9 Å². The van der Waals surface area contributed by atoms with Crippen LogP contribution < -0.4 is 16.0 Å². The van der Waals surface area contributed by atoms with E-state index in [1.807, 2.05) is 11.8 Å².